The maximum atomic E-state index is 6.13. The van der Waals surface area contributed by atoms with E-state index in [1.807, 2.05) is 19.2 Å². The van der Waals surface area contributed by atoms with E-state index in [9.17, 15) is 0 Å². The summed E-state index contributed by atoms with van der Waals surface area (Å²) in [6, 6.07) is 14.8. The number of thioether (sulfide) groups is 1. The molecule has 26 heavy (non-hydrogen) atoms. The molecular weight excluding hydrogens is 344 g/mol. The summed E-state index contributed by atoms with van der Waals surface area (Å²) in [5.74, 6) is 1.80. The lowest BCUT2D eigenvalue weighted by molar-refractivity contribution is 0.0384. The van der Waals surface area contributed by atoms with E-state index >= 15 is 0 Å². The number of ether oxygens (including phenoxy) is 2. The number of hydrogen-bond donors (Lipinski definition) is 1. The molecule has 0 unspecified atom stereocenters. The van der Waals surface area contributed by atoms with Crippen molar-refractivity contribution in [1.82, 2.24) is 10.2 Å². The highest BCUT2D eigenvalue weighted by Crippen LogP contribution is 2.28. The molecule has 0 radical (unpaired) electrons. The molecule has 0 saturated carbocycles. The summed E-state index contributed by atoms with van der Waals surface area (Å²) < 4.78 is 11.6. The van der Waals surface area contributed by atoms with Gasteiger partial charge in [0.05, 0.1) is 13.2 Å². The standard InChI is InChI=1S/C21H28N2O2S/c1-22-16-18-15-17(9-10-23-11-13-24-14-12-23)3-8-21(18)25-19-4-6-20(26-2)7-5-19/h3-8,15,22H,9-14,16H2,1-2H3. The van der Waals surface area contributed by atoms with Crippen LogP contribution in [0.5, 0.6) is 11.5 Å². The molecular formula is C21H28N2O2S. The molecule has 0 aliphatic carbocycles. The van der Waals surface area contributed by atoms with Crippen LogP contribution in [0.25, 0.3) is 0 Å². The van der Waals surface area contributed by atoms with Crippen LogP contribution in [0.2, 0.25) is 0 Å². The molecule has 3 rings (SSSR count). The van der Waals surface area contributed by atoms with Crippen molar-refractivity contribution in [3.63, 3.8) is 0 Å². The topological polar surface area (TPSA) is 33.7 Å². The molecule has 0 aromatic heterocycles. The molecule has 2 aromatic rings. The van der Waals surface area contributed by atoms with Crippen LogP contribution in [-0.4, -0.2) is 51.1 Å². The quantitative estimate of drug-likeness (QED) is 0.713. The van der Waals surface area contributed by atoms with Crippen LogP contribution >= 0.6 is 11.8 Å². The van der Waals surface area contributed by atoms with Gasteiger partial charge in [-0.05, 0) is 55.6 Å². The number of rotatable bonds is 8. The van der Waals surface area contributed by atoms with Crippen LogP contribution in [-0.2, 0) is 17.7 Å². The molecule has 1 heterocycles. The molecule has 1 fully saturated rings. The van der Waals surface area contributed by atoms with Gasteiger partial charge in [0.2, 0.25) is 0 Å². The molecule has 140 valence electrons. The lowest BCUT2D eigenvalue weighted by Crippen LogP contribution is -2.37. The van der Waals surface area contributed by atoms with Crippen LogP contribution in [0.15, 0.2) is 47.4 Å². The fraction of sp³-hybridized carbons (Fsp3) is 0.429. The third-order valence-corrected chi connectivity index (χ3v) is 5.34. The second kappa shape index (κ2) is 9.97. The van der Waals surface area contributed by atoms with E-state index in [4.69, 9.17) is 9.47 Å². The Morgan fingerprint density at radius 1 is 1.12 bits per heavy atom. The Balaban J connectivity index is 1.66. The first-order valence-electron chi connectivity index (χ1n) is 9.17. The molecule has 0 bridgehead atoms. The van der Waals surface area contributed by atoms with E-state index in [2.05, 4.69) is 46.8 Å². The summed E-state index contributed by atoms with van der Waals surface area (Å²) in [4.78, 5) is 3.71. The van der Waals surface area contributed by atoms with Gasteiger partial charge in [-0.2, -0.15) is 0 Å². The van der Waals surface area contributed by atoms with Crippen molar-refractivity contribution in [2.75, 3.05) is 46.2 Å². The van der Waals surface area contributed by atoms with E-state index in [1.54, 1.807) is 11.8 Å². The zero-order valence-corrected chi connectivity index (χ0v) is 16.5. The highest BCUT2D eigenvalue weighted by molar-refractivity contribution is 7.98. The Morgan fingerprint density at radius 3 is 2.58 bits per heavy atom. The average Bonchev–Trinajstić information content (AvgIpc) is 2.69. The number of benzene rings is 2. The van der Waals surface area contributed by atoms with E-state index < -0.39 is 0 Å². The Labute approximate surface area is 160 Å². The Hall–Kier alpha value is -1.53. The first kappa shape index (κ1) is 19.2. The zero-order valence-electron chi connectivity index (χ0n) is 15.7. The van der Waals surface area contributed by atoms with Crippen molar-refractivity contribution in [3.05, 3.63) is 53.6 Å². The zero-order chi connectivity index (χ0) is 18.2. The summed E-state index contributed by atoms with van der Waals surface area (Å²) in [7, 11) is 1.97. The van der Waals surface area contributed by atoms with Crippen LogP contribution in [0.3, 0.4) is 0 Å². The first-order valence-corrected chi connectivity index (χ1v) is 10.4. The fourth-order valence-electron chi connectivity index (χ4n) is 3.10. The third kappa shape index (κ3) is 5.48. The minimum absolute atomic E-state index is 0.795. The SMILES string of the molecule is CNCc1cc(CCN2CCOCC2)ccc1Oc1ccc(SC)cc1. The van der Waals surface area contributed by atoms with Gasteiger partial charge in [0.15, 0.2) is 0 Å². The molecule has 0 amide bonds. The molecule has 5 heteroatoms. The largest absolute Gasteiger partial charge is 0.457 e. The van der Waals surface area contributed by atoms with Gasteiger partial charge >= 0.3 is 0 Å². The van der Waals surface area contributed by atoms with E-state index in [0.717, 1.165) is 57.3 Å². The molecule has 1 N–H and O–H groups in total. The van der Waals surface area contributed by atoms with E-state index in [0.29, 0.717) is 0 Å². The minimum Gasteiger partial charge on any atom is -0.457 e. The summed E-state index contributed by atoms with van der Waals surface area (Å²) in [6.07, 6.45) is 3.13. The van der Waals surface area contributed by atoms with Crippen molar-refractivity contribution in [3.8, 4) is 11.5 Å². The molecule has 1 saturated heterocycles. The molecule has 1 aliphatic heterocycles. The monoisotopic (exact) mass is 372 g/mol. The third-order valence-electron chi connectivity index (χ3n) is 4.60. The fourth-order valence-corrected chi connectivity index (χ4v) is 3.51. The predicted molar refractivity (Wildman–Crippen MR) is 108 cm³/mol. The van der Waals surface area contributed by atoms with Crippen LogP contribution in [0.4, 0.5) is 0 Å². The highest BCUT2D eigenvalue weighted by Gasteiger charge is 2.11. The molecule has 2 aromatic carbocycles. The Kier molecular flexibility index (Phi) is 7.38. The smallest absolute Gasteiger partial charge is 0.131 e. The van der Waals surface area contributed by atoms with Crippen molar-refractivity contribution in [2.24, 2.45) is 0 Å². The van der Waals surface area contributed by atoms with Crippen molar-refractivity contribution in [1.29, 1.82) is 0 Å². The lowest BCUT2D eigenvalue weighted by Gasteiger charge is -2.26. The van der Waals surface area contributed by atoms with Gasteiger partial charge in [-0.25, -0.2) is 0 Å². The number of morpholine rings is 1. The summed E-state index contributed by atoms with van der Waals surface area (Å²) in [6.45, 7) is 5.66. The van der Waals surface area contributed by atoms with Gasteiger partial charge in [-0.15, -0.1) is 11.8 Å². The molecule has 4 nitrogen and oxygen atoms in total. The first-order chi connectivity index (χ1) is 12.8. The predicted octanol–water partition coefficient (Wildman–Crippen LogP) is 3.79. The van der Waals surface area contributed by atoms with E-state index in [-0.39, 0.29) is 0 Å². The lowest BCUT2D eigenvalue weighted by atomic mass is 10.1. The summed E-state index contributed by atoms with van der Waals surface area (Å²) >= 11 is 1.74. The number of nitrogens with one attached hydrogen (secondary N) is 1. The van der Waals surface area contributed by atoms with Gasteiger partial charge in [-0.3, -0.25) is 4.90 Å². The maximum Gasteiger partial charge on any atom is 0.131 e. The van der Waals surface area contributed by atoms with Crippen molar-refractivity contribution in [2.45, 2.75) is 17.9 Å². The second-order valence-corrected chi connectivity index (χ2v) is 7.33. The van der Waals surface area contributed by atoms with Crippen LogP contribution < -0.4 is 10.1 Å². The second-order valence-electron chi connectivity index (χ2n) is 6.45. The minimum atomic E-state index is 0.795. The maximum absolute atomic E-state index is 6.13. The highest BCUT2D eigenvalue weighted by atomic mass is 32.2. The Morgan fingerprint density at radius 2 is 1.88 bits per heavy atom. The number of nitrogens with zero attached hydrogens (tertiary/aromatic N) is 1. The molecule has 0 atom stereocenters. The van der Waals surface area contributed by atoms with Gasteiger partial charge in [-0.1, -0.05) is 12.1 Å². The molecule has 1 aliphatic rings. The van der Waals surface area contributed by atoms with Crippen LogP contribution in [0.1, 0.15) is 11.1 Å². The van der Waals surface area contributed by atoms with Gasteiger partial charge in [0, 0.05) is 36.6 Å². The van der Waals surface area contributed by atoms with Crippen molar-refractivity contribution < 1.29 is 9.47 Å². The summed E-state index contributed by atoms with van der Waals surface area (Å²) in [5, 5.41) is 3.25. The molecule has 0 spiro atoms. The van der Waals surface area contributed by atoms with Gasteiger partial charge in [0.1, 0.15) is 11.5 Å². The number of hydrogen-bond acceptors (Lipinski definition) is 5. The summed E-state index contributed by atoms with van der Waals surface area (Å²) in [5.41, 5.74) is 2.55. The Bertz CT molecular complexity index is 685. The van der Waals surface area contributed by atoms with Crippen LogP contribution in [0, 0.1) is 0 Å². The normalized spacial score (nSPS) is 15.2. The average molecular weight is 373 g/mol. The van der Waals surface area contributed by atoms with Crippen molar-refractivity contribution >= 4 is 11.8 Å². The van der Waals surface area contributed by atoms with Gasteiger partial charge < -0.3 is 14.8 Å². The van der Waals surface area contributed by atoms with Gasteiger partial charge in [0.25, 0.3) is 0 Å². The van der Waals surface area contributed by atoms with E-state index in [1.165, 1.54) is 16.0 Å².